The molecule has 0 aliphatic heterocycles. The van der Waals surface area contributed by atoms with Crippen molar-refractivity contribution in [2.75, 3.05) is 0 Å². The van der Waals surface area contributed by atoms with E-state index in [0.29, 0.717) is 28.1 Å². The molecular formula is C21H15NO3. The van der Waals surface area contributed by atoms with E-state index in [4.69, 9.17) is 0 Å². The molecule has 0 saturated carbocycles. The largest absolute Gasteiger partial charge is 0.312 e. The quantitative estimate of drug-likeness (QED) is 0.527. The van der Waals surface area contributed by atoms with Crippen LogP contribution in [0.25, 0.3) is 16.9 Å². The number of hydrogen-bond donors (Lipinski definition) is 0. The second-order valence-electron chi connectivity index (χ2n) is 6.11. The molecule has 0 bridgehead atoms. The molecule has 25 heavy (non-hydrogen) atoms. The Bertz CT molecular complexity index is 1060. The maximum Gasteiger partial charge on any atom is 0.236 e. The summed E-state index contributed by atoms with van der Waals surface area (Å²) in [4.78, 5) is 37.6. The molecule has 1 aromatic heterocycles. The fourth-order valence-corrected chi connectivity index (χ4v) is 3.62. The van der Waals surface area contributed by atoms with Gasteiger partial charge in [0.1, 0.15) is 0 Å². The number of aromatic nitrogens is 1. The van der Waals surface area contributed by atoms with Crippen LogP contribution in [0.5, 0.6) is 0 Å². The van der Waals surface area contributed by atoms with Crippen LogP contribution in [-0.4, -0.2) is 21.9 Å². The lowest BCUT2D eigenvalue weighted by Gasteiger charge is -2.18. The van der Waals surface area contributed by atoms with Crippen molar-refractivity contribution in [3.63, 3.8) is 0 Å². The van der Waals surface area contributed by atoms with Gasteiger partial charge in [-0.3, -0.25) is 14.4 Å². The van der Waals surface area contributed by atoms with Gasteiger partial charge < -0.3 is 4.57 Å². The first-order valence-corrected chi connectivity index (χ1v) is 8.02. The number of ketones is 3. The summed E-state index contributed by atoms with van der Waals surface area (Å²) in [5.74, 6) is -1.39. The smallest absolute Gasteiger partial charge is 0.236 e. The average molecular weight is 329 g/mol. The zero-order valence-electron chi connectivity index (χ0n) is 13.9. The third kappa shape index (κ3) is 2.04. The van der Waals surface area contributed by atoms with Crippen LogP contribution in [0.15, 0.2) is 54.6 Å². The molecule has 122 valence electrons. The van der Waals surface area contributed by atoms with Crippen LogP contribution in [0.2, 0.25) is 0 Å². The predicted octanol–water partition coefficient (Wildman–Crippen LogP) is 4.03. The molecule has 0 radical (unpaired) electrons. The number of nitrogens with zero attached hydrogens (tertiary/aromatic N) is 1. The molecule has 3 aromatic rings. The monoisotopic (exact) mass is 329 g/mol. The van der Waals surface area contributed by atoms with Crippen LogP contribution < -0.4 is 0 Å². The molecule has 0 saturated heterocycles. The van der Waals surface area contributed by atoms with Gasteiger partial charge in [-0.1, -0.05) is 42.5 Å². The van der Waals surface area contributed by atoms with Gasteiger partial charge in [-0.25, -0.2) is 0 Å². The van der Waals surface area contributed by atoms with E-state index < -0.39 is 11.6 Å². The van der Waals surface area contributed by atoms with Gasteiger partial charge in [0, 0.05) is 22.5 Å². The van der Waals surface area contributed by atoms with Gasteiger partial charge in [0.15, 0.2) is 5.78 Å². The van der Waals surface area contributed by atoms with E-state index >= 15 is 0 Å². The number of Topliss-reactive ketones (excluding diaryl/α,β-unsaturated/α-hetero) is 3. The number of carbonyl (C=O) groups excluding carboxylic acids is 3. The van der Waals surface area contributed by atoms with Crippen LogP contribution in [-0.2, 0) is 0 Å². The lowest BCUT2D eigenvalue weighted by Crippen LogP contribution is -2.22. The van der Waals surface area contributed by atoms with Crippen molar-refractivity contribution in [2.24, 2.45) is 0 Å². The highest BCUT2D eigenvalue weighted by Gasteiger charge is 2.38. The van der Waals surface area contributed by atoms with Crippen LogP contribution in [0, 0.1) is 6.92 Å². The Balaban J connectivity index is 2.20. The van der Waals surface area contributed by atoms with E-state index in [9.17, 15) is 14.4 Å². The van der Waals surface area contributed by atoms with Crippen LogP contribution in [0.1, 0.15) is 43.7 Å². The number of para-hydroxylation sites is 1. The van der Waals surface area contributed by atoms with Gasteiger partial charge in [0.25, 0.3) is 0 Å². The number of benzene rings is 2. The van der Waals surface area contributed by atoms with E-state index in [2.05, 4.69) is 0 Å². The maximum atomic E-state index is 12.8. The maximum absolute atomic E-state index is 12.8. The lowest BCUT2D eigenvalue weighted by atomic mass is 9.85. The summed E-state index contributed by atoms with van der Waals surface area (Å²) in [5.41, 5.74) is 3.74. The van der Waals surface area contributed by atoms with Crippen LogP contribution >= 0.6 is 0 Å². The Hall–Kier alpha value is -3.27. The van der Waals surface area contributed by atoms with E-state index in [0.717, 1.165) is 5.69 Å². The first kappa shape index (κ1) is 15.3. The number of carbonyl (C=O) groups is 3. The lowest BCUT2D eigenvalue weighted by molar-refractivity contribution is 0.0813. The highest BCUT2D eigenvalue weighted by molar-refractivity contribution is 6.54. The molecule has 2 aromatic carbocycles. The third-order valence-electron chi connectivity index (χ3n) is 4.63. The minimum absolute atomic E-state index is 0.219. The van der Waals surface area contributed by atoms with Gasteiger partial charge in [0.05, 0.1) is 16.8 Å². The molecule has 0 unspecified atom stereocenters. The molecule has 4 rings (SSSR count). The van der Waals surface area contributed by atoms with Crippen molar-refractivity contribution in [1.82, 2.24) is 4.57 Å². The zero-order valence-corrected chi connectivity index (χ0v) is 13.9. The Morgan fingerprint density at radius 3 is 2.08 bits per heavy atom. The summed E-state index contributed by atoms with van der Waals surface area (Å²) >= 11 is 0. The molecule has 0 fully saturated rings. The first-order valence-electron chi connectivity index (χ1n) is 8.02. The molecule has 1 aliphatic rings. The number of fused-ring (bicyclic) bond motifs is 3. The molecule has 4 heteroatoms. The predicted molar refractivity (Wildman–Crippen MR) is 94.6 cm³/mol. The van der Waals surface area contributed by atoms with E-state index in [-0.39, 0.29) is 11.3 Å². The molecule has 1 aliphatic carbocycles. The highest BCUT2D eigenvalue weighted by atomic mass is 16.2. The minimum atomic E-state index is -0.614. The van der Waals surface area contributed by atoms with Crippen molar-refractivity contribution < 1.29 is 14.4 Å². The Morgan fingerprint density at radius 2 is 1.44 bits per heavy atom. The molecule has 0 spiro atoms. The first-order chi connectivity index (χ1) is 12.0. The van der Waals surface area contributed by atoms with E-state index in [1.54, 1.807) is 12.1 Å². The number of hydrogen-bond acceptors (Lipinski definition) is 3. The van der Waals surface area contributed by atoms with Crippen LogP contribution in [0.3, 0.4) is 0 Å². The normalized spacial score (nSPS) is 12.7. The SMILES string of the molecule is CC(=O)c1c2c(n(-c3ccccc3)c1C)-c1ccccc1C(=O)C2=O. The third-order valence-corrected chi connectivity index (χ3v) is 4.63. The summed E-state index contributed by atoms with van der Waals surface area (Å²) in [6.45, 7) is 3.23. The second-order valence-corrected chi connectivity index (χ2v) is 6.11. The topological polar surface area (TPSA) is 56.1 Å². The average Bonchev–Trinajstić information content (AvgIpc) is 2.94. The fraction of sp³-hybridized carbons (Fsp3) is 0.0952. The van der Waals surface area contributed by atoms with Gasteiger partial charge in [0.2, 0.25) is 11.6 Å². The Labute approximate surface area is 144 Å². The van der Waals surface area contributed by atoms with Gasteiger partial charge in [-0.2, -0.15) is 0 Å². The number of rotatable bonds is 2. The van der Waals surface area contributed by atoms with E-state index in [1.807, 2.05) is 54.0 Å². The minimum Gasteiger partial charge on any atom is -0.312 e. The van der Waals surface area contributed by atoms with Gasteiger partial charge in [-0.15, -0.1) is 0 Å². The Kier molecular flexibility index (Phi) is 3.29. The summed E-state index contributed by atoms with van der Waals surface area (Å²) < 4.78 is 1.90. The molecule has 1 heterocycles. The van der Waals surface area contributed by atoms with Crippen molar-refractivity contribution in [2.45, 2.75) is 13.8 Å². The van der Waals surface area contributed by atoms with E-state index in [1.165, 1.54) is 6.92 Å². The fourth-order valence-electron chi connectivity index (χ4n) is 3.62. The molecule has 4 nitrogen and oxygen atoms in total. The second kappa shape index (κ2) is 5.38. The van der Waals surface area contributed by atoms with Crippen LogP contribution in [0.4, 0.5) is 0 Å². The summed E-state index contributed by atoms with van der Waals surface area (Å²) in [7, 11) is 0. The Morgan fingerprint density at radius 1 is 0.840 bits per heavy atom. The standard InChI is InChI=1S/C21H15NO3/c1-12-17(13(2)23)18-19(22(12)14-8-4-3-5-9-14)15-10-6-7-11-16(15)20(24)21(18)25/h3-11H,1-2H3. The van der Waals surface area contributed by atoms with Crippen molar-refractivity contribution in [1.29, 1.82) is 0 Å². The molecular weight excluding hydrogens is 314 g/mol. The molecule has 0 atom stereocenters. The zero-order chi connectivity index (χ0) is 17.7. The highest BCUT2D eigenvalue weighted by Crippen LogP contribution is 2.40. The summed E-state index contributed by atoms with van der Waals surface area (Å²) in [5, 5.41) is 0. The van der Waals surface area contributed by atoms with Crippen molar-refractivity contribution in [3.05, 3.63) is 77.0 Å². The van der Waals surface area contributed by atoms with Crippen molar-refractivity contribution >= 4 is 17.3 Å². The van der Waals surface area contributed by atoms with Gasteiger partial charge >= 0.3 is 0 Å². The van der Waals surface area contributed by atoms with Crippen molar-refractivity contribution in [3.8, 4) is 16.9 Å². The molecule has 0 N–H and O–H groups in total. The summed E-state index contributed by atoms with van der Waals surface area (Å²) in [6.07, 6.45) is 0. The summed E-state index contributed by atoms with van der Waals surface area (Å²) in [6, 6.07) is 16.6. The van der Waals surface area contributed by atoms with Gasteiger partial charge in [-0.05, 0) is 26.0 Å². The molecule has 0 amide bonds.